The molecule has 2 unspecified atom stereocenters. The van der Waals surface area contributed by atoms with Crippen LogP contribution in [0.25, 0.3) is 33.4 Å². The van der Waals surface area contributed by atoms with Gasteiger partial charge in [-0.1, -0.05) is 50.2 Å². The average molecular weight is 961 g/mol. The second-order valence-corrected chi connectivity index (χ2v) is 21.5. The van der Waals surface area contributed by atoms with Gasteiger partial charge in [0, 0.05) is 85.6 Å². The summed E-state index contributed by atoms with van der Waals surface area (Å²) in [5.41, 5.74) is 10.3. The number of fused-ring (bicyclic) bond motifs is 8. The van der Waals surface area contributed by atoms with Gasteiger partial charge in [-0.15, -0.1) is 11.3 Å². The molecule has 2 saturated heterocycles. The number of hydrogen-bond acceptors (Lipinski definition) is 13. The predicted molar refractivity (Wildman–Crippen MR) is 263 cm³/mol. The summed E-state index contributed by atoms with van der Waals surface area (Å²) in [4.78, 5) is 69.0. The molecule has 3 fully saturated rings. The van der Waals surface area contributed by atoms with Crippen LogP contribution in [0.4, 0.5) is 15.3 Å². The summed E-state index contributed by atoms with van der Waals surface area (Å²) in [7, 11) is 1.69. The molecule has 4 aliphatic rings. The molecular formula is C52H64N8O8S. The normalized spacial score (nSPS) is 22.1. The van der Waals surface area contributed by atoms with E-state index in [1.807, 2.05) is 48.8 Å². The molecule has 366 valence electrons. The molecular weight excluding hydrogens is 897 g/mol. The van der Waals surface area contributed by atoms with Gasteiger partial charge in [-0.3, -0.25) is 19.6 Å². The molecule has 69 heavy (non-hydrogen) atoms. The van der Waals surface area contributed by atoms with Crippen molar-refractivity contribution in [2.24, 2.45) is 17.3 Å². The van der Waals surface area contributed by atoms with Crippen molar-refractivity contribution in [1.29, 1.82) is 0 Å². The van der Waals surface area contributed by atoms with Crippen molar-refractivity contribution in [1.82, 2.24) is 35.2 Å². The number of aryl methyl sites for hydroxylation is 1. The van der Waals surface area contributed by atoms with Crippen LogP contribution in [0.3, 0.4) is 0 Å². The number of piperazine rings is 1. The number of rotatable bonds is 8. The molecule has 1 saturated carbocycles. The molecule has 3 amide bonds. The molecule has 17 heteroatoms. The minimum Gasteiger partial charge on any atom is -0.464 e. The first-order valence-electron chi connectivity index (χ1n) is 24.1. The van der Waals surface area contributed by atoms with E-state index in [4.69, 9.17) is 28.9 Å². The SMILES string of the molecule is CCn1c(-c2cc(N3CCN(C(=O)OCc4ccccc4)CC3)cnc2[C@H](C)OC)c2c3cc(ccc31)-c1csc(n1)C[C@H](NC(=O)OC(C)(C)C)C(=O)N1CC3CC3[C@H](N1)C(=O)OCC(C)(C)C2. The van der Waals surface area contributed by atoms with Crippen molar-refractivity contribution in [3.8, 4) is 22.5 Å². The van der Waals surface area contributed by atoms with E-state index in [0.717, 1.165) is 62.3 Å². The van der Waals surface area contributed by atoms with E-state index in [0.29, 0.717) is 50.7 Å². The highest BCUT2D eigenvalue weighted by Crippen LogP contribution is 2.46. The number of carbonyl (C=O) groups is 4. The molecule has 5 atom stereocenters. The second-order valence-electron chi connectivity index (χ2n) is 20.5. The van der Waals surface area contributed by atoms with Crippen molar-refractivity contribution in [2.45, 2.75) is 105 Å². The quantitative estimate of drug-likeness (QED) is 0.114. The number of alkyl carbamates (subject to hydrolysis) is 1. The Kier molecular flexibility index (Phi) is 13.5. The van der Waals surface area contributed by atoms with Crippen LogP contribution in [-0.2, 0) is 54.5 Å². The highest BCUT2D eigenvalue weighted by molar-refractivity contribution is 7.10. The summed E-state index contributed by atoms with van der Waals surface area (Å²) in [5, 5.41) is 7.99. The van der Waals surface area contributed by atoms with Gasteiger partial charge in [0.25, 0.3) is 5.91 Å². The number of hydrogen-bond donors (Lipinski definition) is 2. The summed E-state index contributed by atoms with van der Waals surface area (Å²) in [6.45, 7) is 17.3. The average Bonchev–Trinajstić information content (AvgIpc) is 3.87. The number of nitrogens with zero attached hydrogens (tertiary/aromatic N) is 6. The maximum atomic E-state index is 14.3. The van der Waals surface area contributed by atoms with E-state index < -0.39 is 35.2 Å². The number of methoxy groups -OCH3 is 1. The molecule has 9 rings (SSSR count). The van der Waals surface area contributed by atoms with Crippen LogP contribution in [0.15, 0.2) is 66.2 Å². The summed E-state index contributed by atoms with van der Waals surface area (Å²) >= 11 is 1.43. The summed E-state index contributed by atoms with van der Waals surface area (Å²) in [5.74, 6) is -0.609. The second kappa shape index (κ2) is 19.4. The minimum absolute atomic E-state index is 0.0407. The first-order valence-corrected chi connectivity index (χ1v) is 24.9. The lowest BCUT2D eigenvalue weighted by atomic mass is 9.84. The Labute approximate surface area is 407 Å². The topological polar surface area (TPSA) is 170 Å². The first-order chi connectivity index (χ1) is 33.0. The fourth-order valence-corrected chi connectivity index (χ4v) is 10.7. The van der Waals surface area contributed by atoms with Crippen LogP contribution in [-0.4, -0.2) is 113 Å². The van der Waals surface area contributed by atoms with Gasteiger partial charge >= 0.3 is 18.2 Å². The van der Waals surface area contributed by atoms with Gasteiger partial charge < -0.3 is 38.6 Å². The number of esters is 1. The lowest BCUT2D eigenvalue weighted by molar-refractivity contribution is -0.155. The van der Waals surface area contributed by atoms with Gasteiger partial charge in [-0.05, 0) is 88.6 Å². The lowest BCUT2D eigenvalue weighted by Crippen LogP contribution is -2.61. The number of hydrazine groups is 1. The van der Waals surface area contributed by atoms with Crippen LogP contribution in [0.5, 0.6) is 0 Å². The van der Waals surface area contributed by atoms with E-state index in [1.54, 1.807) is 32.8 Å². The van der Waals surface area contributed by atoms with Crippen molar-refractivity contribution in [3.63, 3.8) is 0 Å². The number of amides is 3. The minimum atomic E-state index is -1.01. The third-order valence-electron chi connectivity index (χ3n) is 13.6. The Morgan fingerprint density at radius 2 is 1.83 bits per heavy atom. The fourth-order valence-electron chi connectivity index (χ4n) is 9.88. The number of carbonyl (C=O) groups excluding carboxylic acids is 4. The van der Waals surface area contributed by atoms with Crippen LogP contribution in [0.1, 0.15) is 82.8 Å². The van der Waals surface area contributed by atoms with Gasteiger partial charge in [-0.2, -0.15) is 0 Å². The molecule has 3 aromatic heterocycles. The molecule has 3 aliphatic heterocycles. The highest BCUT2D eigenvalue weighted by atomic mass is 32.1. The van der Waals surface area contributed by atoms with Gasteiger partial charge in [0.2, 0.25) is 0 Å². The Morgan fingerprint density at radius 3 is 2.55 bits per heavy atom. The van der Waals surface area contributed by atoms with Crippen molar-refractivity contribution in [2.75, 3.05) is 51.3 Å². The number of nitrogens with one attached hydrogen (secondary N) is 2. The van der Waals surface area contributed by atoms with Crippen molar-refractivity contribution < 1.29 is 38.1 Å². The Morgan fingerprint density at radius 1 is 1.06 bits per heavy atom. The van der Waals surface area contributed by atoms with Crippen LogP contribution >= 0.6 is 11.3 Å². The summed E-state index contributed by atoms with van der Waals surface area (Å²) in [6.07, 6.45) is 1.98. The molecule has 16 nitrogen and oxygen atoms in total. The standard InChI is InChI=1S/C52H64N8O8S/c1-9-59-42-16-15-33-21-37(42)39(46(59)38-23-35(26-53-44(38)31(2)65-8)57-17-19-58(20-18-57)50(64)66-28-32-13-11-10-12-14-32)25-52(6,7)30-67-48(62)45-36-22-34(36)27-60(56-45)47(61)40(24-43-54-41(33)29-69-43)55-49(63)68-51(3,4)5/h10-16,21,23,26,29,31,34,36,40,45,56H,9,17-20,22,24-25,27-28,30H2,1-8H3,(H,55,63)/t31-,34?,36?,40-,45-/m0/s1. The molecule has 1 aliphatic carbocycles. The maximum absolute atomic E-state index is 14.3. The van der Waals surface area contributed by atoms with E-state index in [2.05, 4.69) is 65.2 Å². The zero-order valence-corrected chi connectivity index (χ0v) is 41.7. The number of pyridine rings is 1. The van der Waals surface area contributed by atoms with Crippen molar-refractivity contribution >= 4 is 52.0 Å². The number of anilines is 1. The van der Waals surface area contributed by atoms with Crippen LogP contribution in [0, 0.1) is 17.3 Å². The van der Waals surface area contributed by atoms with Crippen molar-refractivity contribution in [3.05, 3.63) is 88.0 Å². The van der Waals surface area contributed by atoms with Crippen LogP contribution < -0.4 is 15.6 Å². The number of cyclic esters (lactones) is 1. The first kappa shape index (κ1) is 48.0. The highest BCUT2D eigenvalue weighted by Gasteiger charge is 2.53. The number of benzene rings is 2. The number of ether oxygens (including phenoxy) is 4. The fraction of sp³-hybridized carbons (Fsp3) is 0.500. The molecule has 0 spiro atoms. The largest absolute Gasteiger partial charge is 0.464 e. The summed E-state index contributed by atoms with van der Waals surface area (Å²) in [6, 6.07) is 16.6. The maximum Gasteiger partial charge on any atom is 0.410 e. The third-order valence-corrected chi connectivity index (χ3v) is 14.5. The molecule has 6 heterocycles. The van der Waals surface area contributed by atoms with E-state index >= 15 is 0 Å². The van der Waals surface area contributed by atoms with Gasteiger partial charge in [-0.25, -0.2) is 20.0 Å². The molecule has 2 aromatic carbocycles. The number of aromatic nitrogens is 3. The zero-order chi connectivity index (χ0) is 48.8. The molecule has 0 radical (unpaired) electrons. The molecule has 2 N–H and O–H groups in total. The summed E-state index contributed by atoms with van der Waals surface area (Å²) < 4.78 is 25.8. The third kappa shape index (κ3) is 10.5. The smallest absolute Gasteiger partial charge is 0.410 e. The van der Waals surface area contributed by atoms with Gasteiger partial charge in [0.15, 0.2) is 0 Å². The molecule has 6 bridgehead atoms. The van der Waals surface area contributed by atoms with E-state index in [1.165, 1.54) is 16.3 Å². The lowest BCUT2D eigenvalue weighted by Gasteiger charge is -2.36. The Bertz CT molecular complexity index is 2720. The molecule has 5 aromatic rings. The van der Waals surface area contributed by atoms with E-state index in [9.17, 15) is 19.2 Å². The van der Waals surface area contributed by atoms with Crippen LogP contribution in [0.2, 0.25) is 0 Å². The predicted octanol–water partition coefficient (Wildman–Crippen LogP) is 7.93. The number of thiazole rings is 1. The van der Waals surface area contributed by atoms with Gasteiger partial charge in [0.1, 0.15) is 24.3 Å². The monoisotopic (exact) mass is 960 g/mol. The zero-order valence-electron chi connectivity index (χ0n) is 40.9. The Balaban J connectivity index is 1.09. The Hall–Kier alpha value is -6.04. The van der Waals surface area contributed by atoms with E-state index in [-0.39, 0.29) is 49.6 Å². The van der Waals surface area contributed by atoms with Gasteiger partial charge in [0.05, 0.1) is 46.7 Å².